The standard InChI is InChI=1S/C9H9FS2/c10-6-1-2-9-7(5-6)8(11)3-4-12-9/h1-2,5,8,11H,3-4H2. The van der Waals surface area contributed by atoms with E-state index >= 15 is 0 Å². The fourth-order valence-electron chi connectivity index (χ4n) is 1.35. The van der Waals surface area contributed by atoms with Crippen LogP contribution in [0.1, 0.15) is 17.2 Å². The fraction of sp³-hybridized carbons (Fsp3) is 0.333. The minimum Gasteiger partial charge on any atom is -0.207 e. The van der Waals surface area contributed by atoms with Gasteiger partial charge in [0, 0.05) is 10.1 Å². The minimum atomic E-state index is -0.157. The Kier molecular flexibility index (Phi) is 2.33. The molecule has 1 aromatic rings. The Morgan fingerprint density at radius 1 is 1.50 bits per heavy atom. The third-order valence-corrected chi connectivity index (χ3v) is 3.64. The van der Waals surface area contributed by atoms with Gasteiger partial charge in [-0.3, -0.25) is 0 Å². The predicted molar refractivity (Wildman–Crippen MR) is 53.5 cm³/mol. The molecular weight excluding hydrogens is 191 g/mol. The van der Waals surface area contributed by atoms with Crippen molar-refractivity contribution >= 4 is 24.4 Å². The summed E-state index contributed by atoms with van der Waals surface area (Å²) in [7, 11) is 0. The fourth-order valence-corrected chi connectivity index (χ4v) is 3.06. The van der Waals surface area contributed by atoms with Crippen molar-refractivity contribution in [1.82, 2.24) is 0 Å². The second-order valence-electron chi connectivity index (χ2n) is 2.84. The van der Waals surface area contributed by atoms with Crippen molar-refractivity contribution in [2.75, 3.05) is 5.75 Å². The number of rotatable bonds is 0. The topological polar surface area (TPSA) is 0 Å². The highest BCUT2D eigenvalue weighted by Crippen LogP contribution is 2.39. The smallest absolute Gasteiger partial charge is 0.123 e. The van der Waals surface area contributed by atoms with Gasteiger partial charge >= 0.3 is 0 Å². The predicted octanol–water partition coefficient (Wildman–Crippen LogP) is 3.29. The maximum absolute atomic E-state index is 12.8. The molecule has 0 fully saturated rings. The molecule has 0 aliphatic carbocycles. The first-order valence-electron chi connectivity index (χ1n) is 3.87. The molecule has 1 unspecified atom stereocenters. The number of halogens is 1. The van der Waals surface area contributed by atoms with E-state index in [2.05, 4.69) is 12.6 Å². The highest BCUT2D eigenvalue weighted by Gasteiger charge is 2.17. The first-order valence-corrected chi connectivity index (χ1v) is 5.38. The highest BCUT2D eigenvalue weighted by atomic mass is 32.2. The number of benzene rings is 1. The van der Waals surface area contributed by atoms with Gasteiger partial charge in [-0.2, -0.15) is 12.6 Å². The molecule has 0 saturated heterocycles. The summed E-state index contributed by atoms with van der Waals surface area (Å²) in [5.41, 5.74) is 1.05. The van der Waals surface area contributed by atoms with Gasteiger partial charge in [-0.25, -0.2) is 4.39 Å². The van der Waals surface area contributed by atoms with Gasteiger partial charge in [0.25, 0.3) is 0 Å². The van der Waals surface area contributed by atoms with E-state index in [1.165, 1.54) is 11.0 Å². The van der Waals surface area contributed by atoms with Gasteiger partial charge in [0.2, 0.25) is 0 Å². The first kappa shape index (κ1) is 8.45. The summed E-state index contributed by atoms with van der Waals surface area (Å²) in [6, 6.07) is 4.95. The Labute approximate surface area is 81.0 Å². The van der Waals surface area contributed by atoms with E-state index in [0.717, 1.165) is 17.7 Å². The number of thiol groups is 1. The molecule has 0 nitrogen and oxygen atoms in total. The zero-order valence-corrected chi connectivity index (χ0v) is 8.17. The van der Waals surface area contributed by atoms with Crippen molar-refractivity contribution in [3.63, 3.8) is 0 Å². The van der Waals surface area contributed by atoms with Gasteiger partial charge in [0.05, 0.1) is 0 Å². The number of fused-ring (bicyclic) bond motifs is 1. The highest BCUT2D eigenvalue weighted by molar-refractivity contribution is 7.99. The van der Waals surface area contributed by atoms with E-state index in [1.807, 2.05) is 6.07 Å². The molecule has 3 heteroatoms. The molecule has 1 aromatic carbocycles. The van der Waals surface area contributed by atoms with Crippen molar-refractivity contribution in [3.05, 3.63) is 29.6 Å². The molecule has 2 rings (SSSR count). The number of thioether (sulfide) groups is 1. The molecule has 1 heterocycles. The Balaban J connectivity index is 2.47. The molecule has 0 radical (unpaired) electrons. The Morgan fingerprint density at radius 2 is 2.33 bits per heavy atom. The van der Waals surface area contributed by atoms with Crippen LogP contribution < -0.4 is 0 Å². The molecule has 1 atom stereocenters. The SMILES string of the molecule is Fc1ccc2c(c1)C(S)CCS2. The monoisotopic (exact) mass is 200 g/mol. The Bertz CT molecular complexity index is 299. The van der Waals surface area contributed by atoms with Crippen LogP contribution >= 0.6 is 24.4 Å². The third-order valence-electron chi connectivity index (χ3n) is 1.98. The van der Waals surface area contributed by atoms with Crippen molar-refractivity contribution in [1.29, 1.82) is 0 Å². The second kappa shape index (κ2) is 3.30. The summed E-state index contributed by atoms with van der Waals surface area (Å²) >= 11 is 6.19. The molecule has 0 aromatic heterocycles. The van der Waals surface area contributed by atoms with E-state index < -0.39 is 0 Å². The van der Waals surface area contributed by atoms with Crippen LogP contribution in [0.4, 0.5) is 4.39 Å². The van der Waals surface area contributed by atoms with Gasteiger partial charge in [-0.05, 0) is 35.9 Å². The average Bonchev–Trinajstić information content (AvgIpc) is 2.07. The van der Waals surface area contributed by atoms with Crippen LogP contribution in [0.25, 0.3) is 0 Å². The molecule has 1 aliphatic rings. The van der Waals surface area contributed by atoms with Crippen molar-refractivity contribution in [3.8, 4) is 0 Å². The lowest BCUT2D eigenvalue weighted by Gasteiger charge is -2.20. The maximum Gasteiger partial charge on any atom is 0.123 e. The van der Waals surface area contributed by atoms with E-state index in [4.69, 9.17) is 0 Å². The zero-order valence-electron chi connectivity index (χ0n) is 6.46. The lowest BCUT2D eigenvalue weighted by Crippen LogP contribution is -2.02. The van der Waals surface area contributed by atoms with Crippen molar-refractivity contribution in [2.45, 2.75) is 16.6 Å². The maximum atomic E-state index is 12.8. The van der Waals surface area contributed by atoms with Crippen LogP contribution in [0.3, 0.4) is 0 Å². The molecule has 0 bridgehead atoms. The molecule has 0 saturated carbocycles. The zero-order chi connectivity index (χ0) is 8.55. The lowest BCUT2D eigenvalue weighted by atomic mass is 10.1. The third kappa shape index (κ3) is 1.48. The summed E-state index contributed by atoms with van der Waals surface area (Å²) in [5, 5.41) is 0.219. The van der Waals surface area contributed by atoms with Crippen molar-refractivity contribution in [2.24, 2.45) is 0 Å². The van der Waals surface area contributed by atoms with Crippen LogP contribution in [-0.4, -0.2) is 5.75 Å². The second-order valence-corrected chi connectivity index (χ2v) is 4.60. The van der Waals surface area contributed by atoms with Gasteiger partial charge < -0.3 is 0 Å². The van der Waals surface area contributed by atoms with Crippen LogP contribution in [-0.2, 0) is 0 Å². The molecule has 64 valence electrons. The first-order chi connectivity index (χ1) is 5.77. The van der Waals surface area contributed by atoms with E-state index in [-0.39, 0.29) is 11.1 Å². The van der Waals surface area contributed by atoms with Gasteiger partial charge in [-0.15, -0.1) is 11.8 Å². The van der Waals surface area contributed by atoms with E-state index in [9.17, 15) is 4.39 Å². The molecular formula is C9H9FS2. The quantitative estimate of drug-likeness (QED) is 0.627. The molecule has 0 N–H and O–H groups in total. The van der Waals surface area contributed by atoms with E-state index in [1.54, 1.807) is 17.8 Å². The van der Waals surface area contributed by atoms with Crippen molar-refractivity contribution < 1.29 is 4.39 Å². The number of hydrogen-bond donors (Lipinski definition) is 1. The molecule has 0 amide bonds. The van der Waals surface area contributed by atoms with Crippen LogP contribution in [0.15, 0.2) is 23.1 Å². The van der Waals surface area contributed by atoms with Crippen LogP contribution in [0.2, 0.25) is 0 Å². The number of hydrogen-bond acceptors (Lipinski definition) is 2. The van der Waals surface area contributed by atoms with Crippen LogP contribution in [0, 0.1) is 5.82 Å². The average molecular weight is 200 g/mol. The van der Waals surface area contributed by atoms with E-state index in [0.29, 0.717) is 0 Å². The molecule has 12 heavy (non-hydrogen) atoms. The van der Waals surface area contributed by atoms with Gasteiger partial charge in [0.1, 0.15) is 5.82 Å². The van der Waals surface area contributed by atoms with Gasteiger partial charge in [0.15, 0.2) is 0 Å². The minimum absolute atomic E-state index is 0.157. The summed E-state index contributed by atoms with van der Waals surface area (Å²) in [6.07, 6.45) is 1.03. The molecule has 1 aliphatic heterocycles. The lowest BCUT2D eigenvalue weighted by molar-refractivity contribution is 0.622. The van der Waals surface area contributed by atoms with Gasteiger partial charge in [-0.1, -0.05) is 0 Å². The summed E-state index contributed by atoms with van der Waals surface area (Å²) in [6.45, 7) is 0. The largest absolute Gasteiger partial charge is 0.207 e. The summed E-state index contributed by atoms with van der Waals surface area (Å²) in [4.78, 5) is 1.18. The summed E-state index contributed by atoms with van der Waals surface area (Å²) in [5.74, 6) is 0.933. The Morgan fingerprint density at radius 3 is 3.17 bits per heavy atom. The normalized spacial score (nSPS) is 22.0. The molecule has 0 spiro atoms. The summed E-state index contributed by atoms with van der Waals surface area (Å²) < 4.78 is 12.8. The van der Waals surface area contributed by atoms with Crippen LogP contribution in [0.5, 0.6) is 0 Å². The Hall–Kier alpha value is -0.150.